The third-order valence-corrected chi connectivity index (χ3v) is 5.86. The van der Waals surface area contributed by atoms with Crippen molar-refractivity contribution in [3.63, 3.8) is 0 Å². The van der Waals surface area contributed by atoms with Gasteiger partial charge in [0, 0.05) is 30.8 Å². The van der Waals surface area contributed by atoms with Crippen LogP contribution >= 0.6 is 0 Å². The van der Waals surface area contributed by atoms with E-state index in [1.807, 2.05) is 0 Å². The fourth-order valence-corrected chi connectivity index (χ4v) is 4.25. The largest absolute Gasteiger partial charge is 0.416 e. The van der Waals surface area contributed by atoms with Crippen LogP contribution in [0.15, 0.2) is 41.6 Å². The van der Waals surface area contributed by atoms with Crippen molar-refractivity contribution in [1.82, 2.24) is 19.7 Å². The van der Waals surface area contributed by atoms with E-state index in [2.05, 4.69) is 20.1 Å². The molecule has 0 unspecified atom stereocenters. The second-order valence-corrected chi connectivity index (χ2v) is 7.86. The maximum atomic E-state index is 13.3. The highest BCUT2D eigenvalue weighted by Gasteiger charge is 2.34. The number of hydrogen-bond acceptors (Lipinski definition) is 4. The van der Waals surface area contributed by atoms with Gasteiger partial charge >= 0.3 is 6.18 Å². The topological polar surface area (TPSA) is 66.8 Å². The van der Waals surface area contributed by atoms with Gasteiger partial charge in [0.15, 0.2) is 0 Å². The van der Waals surface area contributed by atoms with Crippen LogP contribution in [0, 0.1) is 0 Å². The smallest absolute Gasteiger partial charge is 0.363 e. The first-order valence-corrected chi connectivity index (χ1v) is 9.92. The molecule has 1 aromatic carbocycles. The highest BCUT2D eigenvalue weighted by molar-refractivity contribution is 5.55. The zero-order valence-electron chi connectivity index (χ0n) is 16.1. The summed E-state index contributed by atoms with van der Waals surface area (Å²) < 4.78 is 41.8. The van der Waals surface area contributed by atoms with Crippen LogP contribution in [-0.4, -0.2) is 26.3 Å². The Hall–Kier alpha value is -3.10. The molecule has 3 heterocycles. The van der Waals surface area contributed by atoms with Crippen molar-refractivity contribution in [2.75, 3.05) is 11.4 Å². The molecular formula is C21H20F3N5O. The molecule has 2 aliphatic rings. The van der Waals surface area contributed by atoms with Crippen LogP contribution < -0.4 is 10.5 Å². The van der Waals surface area contributed by atoms with Gasteiger partial charge in [0.25, 0.3) is 5.56 Å². The van der Waals surface area contributed by atoms with E-state index in [9.17, 15) is 18.0 Å². The Bertz CT molecular complexity index is 1150. The summed E-state index contributed by atoms with van der Waals surface area (Å²) in [5.41, 5.74) is 2.85. The second-order valence-electron chi connectivity index (χ2n) is 7.86. The van der Waals surface area contributed by atoms with Gasteiger partial charge in [-0.2, -0.15) is 18.3 Å². The van der Waals surface area contributed by atoms with Crippen molar-refractivity contribution in [3.8, 4) is 0 Å². The predicted octanol–water partition coefficient (Wildman–Crippen LogP) is 3.47. The molecule has 2 aromatic heterocycles. The fourth-order valence-electron chi connectivity index (χ4n) is 4.25. The summed E-state index contributed by atoms with van der Waals surface area (Å²) >= 11 is 0. The van der Waals surface area contributed by atoms with Crippen LogP contribution in [0.2, 0.25) is 0 Å². The SMILES string of the molecule is O=c1[nH]ncc(N2CCc3c(ncn3Cc3ccccc3C(F)(F)F)C2)c1C1CC1. The Morgan fingerprint density at radius 3 is 2.77 bits per heavy atom. The first kappa shape index (κ1) is 18.9. The minimum Gasteiger partial charge on any atom is -0.363 e. The Balaban J connectivity index is 1.42. The lowest BCUT2D eigenvalue weighted by Gasteiger charge is -2.30. The Kier molecular flexibility index (Phi) is 4.41. The molecule has 1 fully saturated rings. The molecule has 0 amide bonds. The second kappa shape index (κ2) is 7.00. The molecule has 30 heavy (non-hydrogen) atoms. The van der Waals surface area contributed by atoms with Crippen LogP contribution in [-0.2, 0) is 25.7 Å². The van der Waals surface area contributed by atoms with Crippen molar-refractivity contribution in [3.05, 3.63) is 75.2 Å². The average molecular weight is 415 g/mol. The van der Waals surface area contributed by atoms with Crippen LogP contribution in [0.4, 0.5) is 18.9 Å². The molecule has 6 nitrogen and oxygen atoms in total. The third-order valence-electron chi connectivity index (χ3n) is 5.86. The van der Waals surface area contributed by atoms with Gasteiger partial charge in [-0.25, -0.2) is 10.1 Å². The molecule has 156 valence electrons. The molecule has 1 aliphatic heterocycles. The molecule has 1 saturated carbocycles. The van der Waals surface area contributed by atoms with Gasteiger partial charge < -0.3 is 9.47 Å². The molecule has 0 bridgehead atoms. The van der Waals surface area contributed by atoms with Crippen molar-refractivity contribution in [2.45, 2.75) is 44.4 Å². The lowest BCUT2D eigenvalue weighted by atomic mass is 10.1. The summed E-state index contributed by atoms with van der Waals surface area (Å²) in [6.45, 7) is 1.29. The molecule has 0 atom stereocenters. The van der Waals surface area contributed by atoms with Crippen LogP contribution in [0.3, 0.4) is 0 Å². The number of aromatic nitrogens is 4. The normalized spacial score (nSPS) is 16.6. The molecule has 0 radical (unpaired) electrons. The van der Waals surface area contributed by atoms with Gasteiger partial charge in [0.05, 0.1) is 36.0 Å². The number of nitrogens with one attached hydrogen (secondary N) is 1. The number of imidazole rings is 1. The number of nitrogens with zero attached hydrogens (tertiary/aromatic N) is 4. The number of hydrogen-bond donors (Lipinski definition) is 1. The standard InChI is InChI=1S/C21H20F3N5O/c22-21(23,24)15-4-2-1-3-14(15)10-29-12-25-16-11-28(8-7-17(16)29)18-9-26-27-20(30)19(18)13-5-6-13/h1-4,9,12-13H,5-8,10-11H2,(H,27,30). The zero-order valence-corrected chi connectivity index (χ0v) is 16.1. The third kappa shape index (κ3) is 3.38. The lowest BCUT2D eigenvalue weighted by Crippen LogP contribution is -2.34. The number of fused-ring (bicyclic) bond motifs is 1. The van der Waals surface area contributed by atoms with Crippen molar-refractivity contribution < 1.29 is 13.2 Å². The van der Waals surface area contributed by atoms with E-state index in [1.165, 1.54) is 12.1 Å². The number of anilines is 1. The molecule has 3 aromatic rings. The van der Waals surface area contributed by atoms with E-state index in [1.54, 1.807) is 23.2 Å². The fraction of sp³-hybridized carbons (Fsp3) is 0.381. The molecule has 0 saturated heterocycles. The van der Waals surface area contributed by atoms with Gasteiger partial charge in [-0.15, -0.1) is 0 Å². The zero-order chi connectivity index (χ0) is 20.9. The van der Waals surface area contributed by atoms with Gasteiger partial charge in [0.2, 0.25) is 0 Å². The van der Waals surface area contributed by atoms with E-state index < -0.39 is 11.7 Å². The highest BCUT2D eigenvalue weighted by Crippen LogP contribution is 2.42. The number of rotatable bonds is 4. The van der Waals surface area contributed by atoms with Crippen LogP contribution in [0.5, 0.6) is 0 Å². The van der Waals surface area contributed by atoms with E-state index in [4.69, 9.17) is 0 Å². The maximum Gasteiger partial charge on any atom is 0.416 e. The minimum absolute atomic E-state index is 0.123. The summed E-state index contributed by atoms with van der Waals surface area (Å²) in [6.07, 6.45) is 1.57. The summed E-state index contributed by atoms with van der Waals surface area (Å²) in [7, 11) is 0. The van der Waals surface area contributed by atoms with E-state index in [-0.39, 0.29) is 23.6 Å². The number of alkyl halides is 3. The van der Waals surface area contributed by atoms with Crippen molar-refractivity contribution in [1.29, 1.82) is 0 Å². The Morgan fingerprint density at radius 1 is 1.20 bits per heavy atom. The molecular weight excluding hydrogens is 395 g/mol. The number of H-pyrrole nitrogens is 1. The summed E-state index contributed by atoms with van der Waals surface area (Å²) in [5.74, 6) is 0.282. The van der Waals surface area contributed by atoms with E-state index in [0.717, 1.165) is 41.5 Å². The lowest BCUT2D eigenvalue weighted by molar-refractivity contribution is -0.138. The van der Waals surface area contributed by atoms with E-state index >= 15 is 0 Å². The first-order chi connectivity index (χ1) is 14.4. The van der Waals surface area contributed by atoms with Gasteiger partial charge in [-0.3, -0.25) is 4.79 Å². The molecule has 5 rings (SSSR count). The van der Waals surface area contributed by atoms with Crippen molar-refractivity contribution in [2.24, 2.45) is 0 Å². The number of aromatic amines is 1. The van der Waals surface area contributed by atoms with Crippen molar-refractivity contribution >= 4 is 5.69 Å². The van der Waals surface area contributed by atoms with Gasteiger partial charge in [-0.05, 0) is 30.4 Å². The minimum atomic E-state index is -4.39. The average Bonchev–Trinajstić information content (AvgIpc) is 3.48. The quantitative estimate of drug-likeness (QED) is 0.709. The van der Waals surface area contributed by atoms with Gasteiger partial charge in [-0.1, -0.05) is 18.2 Å². The Labute approximate surface area is 170 Å². The summed E-state index contributed by atoms with van der Waals surface area (Å²) in [6, 6.07) is 5.64. The number of halogens is 3. The monoisotopic (exact) mass is 415 g/mol. The summed E-state index contributed by atoms with van der Waals surface area (Å²) in [4.78, 5) is 18.8. The molecule has 1 N–H and O–H groups in total. The molecule has 9 heteroatoms. The molecule has 0 spiro atoms. The maximum absolute atomic E-state index is 13.3. The molecule has 1 aliphatic carbocycles. The number of benzene rings is 1. The van der Waals surface area contributed by atoms with Crippen LogP contribution in [0.1, 0.15) is 46.8 Å². The first-order valence-electron chi connectivity index (χ1n) is 9.92. The highest BCUT2D eigenvalue weighted by atomic mass is 19.4. The predicted molar refractivity (Wildman–Crippen MR) is 104 cm³/mol. The van der Waals surface area contributed by atoms with Crippen LogP contribution in [0.25, 0.3) is 0 Å². The summed E-state index contributed by atoms with van der Waals surface area (Å²) in [5, 5.41) is 6.49. The van der Waals surface area contributed by atoms with E-state index in [0.29, 0.717) is 19.5 Å². The Morgan fingerprint density at radius 2 is 2.00 bits per heavy atom. The van der Waals surface area contributed by atoms with Gasteiger partial charge in [0.1, 0.15) is 0 Å².